The van der Waals surface area contributed by atoms with Crippen LogP contribution >= 0.6 is 0 Å². The highest BCUT2D eigenvalue weighted by Crippen LogP contribution is 2.17. The third-order valence-corrected chi connectivity index (χ3v) is 2.80. The van der Waals surface area contributed by atoms with Gasteiger partial charge >= 0.3 is 0 Å². The third-order valence-electron chi connectivity index (χ3n) is 2.80. The first-order valence-electron chi connectivity index (χ1n) is 7.09. The lowest BCUT2D eigenvalue weighted by Gasteiger charge is -2.11. The van der Waals surface area contributed by atoms with Crippen molar-refractivity contribution < 1.29 is 14.3 Å². The molecular weight excluding hydrogens is 282 g/mol. The minimum Gasteiger partial charge on any atom is -0.491 e. The number of anilines is 1. The topological polar surface area (TPSA) is 93.0 Å². The molecule has 6 nitrogen and oxygen atoms in total. The molecule has 0 bridgehead atoms. The number of nitrogens with one attached hydrogen (secondary N) is 1. The molecule has 2 aromatic rings. The van der Waals surface area contributed by atoms with E-state index < -0.39 is 6.10 Å². The van der Waals surface area contributed by atoms with Gasteiger partial charge in [-0.15, -0.1) is 0 Å². The lowest BCUT2D eigenvalue weighted by Crippen LogP contribution is -2.23. The Labute approximate surface area is 129 Å². The van der Waals surface area contributed by atoms with Crippen LogP contribution in [0.25, 0.3) is 0 Å². The fraction of sp³-hybridized carbons (Fsp3) is 0.312. The van der Waals surface area contributed by atoms with Crippen LogP contribution in [-0.2, 0) is 0 Å². The number of benzene rings is 1. The summed E-state index contributed by atoms with van der Waals surface area (Å²) < 4.78 is 10.7. The van der Waals surface area contributed by atoms with Crippen molar-refractivity contribution in [1.29, 1.82) is 0 Å². The number of nitrogens with two attached hydrogens (primary N) is 1. The lowest BCUT2D eigenvalue weighted by atomic mass is 10.3. The Morgan fingerprint density at radius 2 is 2.05 bits per heavy atom. The van der Waals surface area contributed by atoms with Gasteiger partial charge in [0, 0.05) is 5.69 Å². The molecule has 2 rings (SSSR count). The van der Waals surface area contributed by atoms with Gasteiger partial charge in [0.15, 0.2) is 5.96 Å². The number of hydrogen-bond acceptors (Lipinski definition) is 4. The monoisotopic (exact) mass is 303 g/mol. The molecule has 118 valence electrons. The first-order valence-corrected chi connectivity index (χ1v) is 7.09. The van der Waals surface area contributed by atoms with Gasteiger partial charge in [-0.1, -0.05) is 0 Å². The van der Waals surface area contributed by atoms with E-state index >= 15 is 0 Å². The Bertz CT molecular complexity index is 592. The van der Waals surface area contributed by atoms with Crippen molar-refractivity contribution in [3.8, 4) is 5.75 Å². The summed E-state index contributed by atoms with van der Waals surface area (Å²) in [6.07, 6.45) is 0.829. The van der Waals surface area contributed by atoms with E-state index in [2.05, 4.69) is 10.3 Å². The van der Waals surface area contributed by atoms with Crippen LogP contribution < -0.4 is 15.8 Å². The molecule has 1 atom stereocenters. The number of nitrogens with zero attached hydrogens (tertiary/aromatic N) is 1. The van der Waals surface area contributed by atoms with E-state index in [9.17, 15) is 5.11 Å². The molecule has 0 aliphatic rings. The molecular formula is C16H21N3O3. The molecule has 0 amide bonds. The predicted octanol–water partition coefficient (Wildman–Crippen LogP) is 2.53. The molecule has 4 N–H and O–H groups in total. The molecule has 0 saturated carbocycles. The minimum atomic E-state index is -0.808. The van der Waals surface area contributed by atoms with Gasteiger partial charge in [-0.2, -0.15) is 0 Å². The Kier molecular flexibility index (Phi) is 5.43. The van der Waals surface area contributed by atoms with E-state index in [1.54, 1.807) is 12.1 Å². The maximum Gasteiger partial charge on any atom is 0.193 e. The van der Waals surface area contributed by atoms with Crippen LogP contribution in [0.5, 0.6) is 5.75 Å². The highest BCUT2D eigenvalue weighted by Gasteiger charge is 2.09. The molecule has 0 aliphatic heterocycles. The van der Waals surface area contributed by atoms with Crippen molar-refractivity contribution >= 4 is 11.6 Å². The SMILES string of the molecule is CC(C)Oc1ccc(NC(N)=NCC(O)c2ccco2)cc1. The Balaban J connectivity index is 1.88. The summed E-state index contributed by atoms with van der Waals surface area (Å²) in [6, 6.07) is 10.8. The molecule has 0 saturated heterocycles. The number of ether oxygens (including phenoxy) is 1. The summed E-state index contributed by atoms with van der Waals surface area (Å²) in [5.74, 6) is 1.49. The second kappa shape index (κ2) is 7.51. The largest absolute Gasteiger partial charge is 0.491 e. The van der Waals surface area contributed by atoms with Gasteiger partial charge in [0.2, 0.25) is 0 Å². The molecule has 6 heteroatoms. The summed E-state index contributed by atoms with van der Waals surface area (Å²) in [5.41, 5.74) is 6.59. The van der Waals surface area contributed by atoms with Crippen LogP contribution in [0.2, 0.25) is 0 Å². The van der Waals surface area contributed by atoms with Crippen molar-refractivity contribution in [2.24, 2.45) is 10.7 Å². The van der Waals surface area contributed by atoms with E-state index in [1.807, 2.05) is 38.1 Å². The third kappa shape index (κ3) is 4.82. The average Bonchev–Trinajstić information content (AvgIpc) is 3.00. The molecule has 0 fully saturated rings. The van der Waals surface area contributed by atoms with Crippen LogP contribution in [0, 0.1) is 0 Å². The van der Waals surface area contributed by atoms with Gasteiger partial charge in [0.1, 0.15) is 17.6 Å². The summed E-state index contributed by atoms with van der Waals surface area (Å²) >= 11 is 0. The van der Waals surface area contributed by atoms with Crippen LogP contribution in [-0.4, -0.2) is 23.7 Å². The highest BCUT2D eigenvalue weighted by atomic mass is 16.5. The van der Waals surface area contributed by atoms with Gasteiger partial charge in [0.05, 0.1) is 18.9 Å². The van der Waals surface area contributed by atoms with Gasteiger partial charge in [-0.3, -0.25) is 0 Å². The van der Waals surface area contributed by atoms with Gasteiger partial charge < -0.3 is 25.3 Å². The number of aliphatic hydroxyl groups is 1. The summed E-state index contributed by atoms with van der Waals surface area (Å²) in [6.45, 7) is 4.07. The zero-order valence-corrected chi connectivity index (χ0v) is 12.7. The molecule has 1 heterocycles. The fourth-order valence-corrected chi connectivity index (χ4v) is 1.83. The van der Waals surface area contributed by atoms with Crippen molar-refractivity contribution in [2.75, 3.05) is 11.9 Å². The maximum absolute atomic E-state index is 9.84. The van der Waals surface area contributed by atoms with Crippen LogP contribution in [0.4, 0.5) is 5.69 Å². The number of furan rings is 1. The molecule has 22 heavy (non-hydrogen) atoms. The van der Waals surface area contributed by atoms with Crippen LogP contribution in [0.15, 0.2) is 52.1 Å². The predicted molar refractivity (Wildman–Crippen MR) is 86.0 cm³/mol. The Morgan fingerprint density at radius 1 is 1.32 bits per heavy atom. The second-order valence-electron chi connectivity index (χ2n) is 5.07. The van der Waals surface area contributed by atoms with Gasteiger partial charge in [-0.25, -0.2) is 4.99 Å². The average molecular weight is 303 g/mol. The standard InChI is InChI=1S/C16H21N3O3/c1-11(2)22-13-7-5-12(6-8-13)19-16(17)18-10-14(20)15-4-3-9-21-15/h3-9,11,14,20H,10H2,1-2H3,(H3,17,18,19). The molecule has 1 aromatic carbocycles. The zero-order valence-electron chi connectivity index (χ0n) is 12.7. The smallest absolute Gasteiger partial charge is 0.193 e. The summed E-state index contributed by atoms with van der Waals surface area (Å²) in [5, 5.41) is 12.8. The molecule has 1 aromatic heterocycles. The van der Waals surface area contributed by atoms with E-state index in [0.29, 0.717) is 5.76 Å². The maximum atomic E-state index is 9.84. The van der Waals surface area contributed by atoms with Crippen molar-refractivity contribution in [3.05, 3.63) is 48.4 Å². The molecule has 0 aliphatic carbocycles. The van der Waals surface area contributed by atoms with E-state index in [1.165, 1.54) is 6.26 Å². The zero-order chi connectivity index (χ0) is 15.9. The number of aliphatic hydroxyl groups excluding tert-OH is 1. The quantitative estimate of drug-likeness (QED) is 0.563. The lowest BCUT2D eigenvalue weighted by molar-refractivity contribution is 0.158. The van der Waals surface area contributed by atoms with Gasteiger partial charge in [0.25, 0.3) is 0 Å². The van der Waals surface area contributed by atoms with Crippen LogP contribution in [0.3, 0.4) is 0 Å². The first kappa shape index (κ1) is 15.9. The Hall–Kier alpha value is -2.47. The fourth-order valence-electron chi connectivity index (χ4n) is 1.83. The summed E-state index contributed by atoms with van der Waals surface area (Å²) in [4.78, 5) is 4.09. The minimum absolute atomic E-state index is 0.126. The van der Waals surface area contributed by atoms with E-state index in [-0.39, 0.29) is 18.6 Å². The molecule has 0 radical (unpaired) electrons. The van der Waals surface area contributed by atoms with Crippen molar-refractivity contribution in [1.82, 2.24) is 0 Å². The van der Waals surface area contributed by atoms with E-state index in [4.69, 9.17) is 14.9 Å². The number of hydrogen-bond donors (Lipinski definition) is 3. The normalized spacial score (nSPS) is 13.2. The Morgan fingerprint density at radius 3 is 2.64 bits per heavy atom. The number of guanidine groups is 1. The van der Waals surface area contributed by atoms with Crippen LogP contribution in [0.1, 0.15) is 25.7 Å². The van der Waals surface area contributed by atoms with E-state index in [0.717, 1.165) is 11.4 Å². The van der Waals surface area contributed by atoms with Gasteiger partial charge in [-0.05, 0) is 50.2 Å². The summed E-state index contributed by atoms with van der Waals surface area (Å²) in [7, 11) is 0. The number of rotatable bonds is 6. The molecule has 1 unspecified atom stereocenters. The van der Waals surface area contributed by atoms with Crippen molar-refractivity contribution in [3.63, 3.8) is 0 Å². The highest BCUT2D eigenvalue weighted by molar-refractivity contribution is 5.92. The number of aliphatic imine (C=N–C) groups is 1. The second-order valence-corrected chi connectivity index (χ2v) is 5.07. The first-order chi connectivity index (χ1) is 10.5. The van der Waals surface area contributed by atoms with Crippen molar-refractivity contribution in [2.45, 2.75) is 26.1 Å². The molecule has 0 spiro atoms.